The van der Waals surface area contributed by atoms with Gasteiger partial charge in [0.2, 0.25) is 0 Å². The molecule has 24 heavy (non-hydrogen) atoms. The van der Waals surface area contributed by atoms with Crippen LogP contribution in [0, 0.1) is 23.7 Å². The van der Waals surface area contributed by atoms with E-state index in [4.69, 9.17) is 10.8 Å². The zero-order valence-corrected chi connectivity index (χ0v) is 12.7. The zero-order valence-electron chi connectivity index (χ0n) is 12.7. The molecule has 118 valence electrons. The average Bonchev–Trinajstić information content (AvgIpc) is 2.58. The molecule has 5 nitrogen and oxygen atoms in total. The molecule has 0 aliphatic heterocycles. The summed E-state index contributed by atoms with van der Waals surface area (Å²) in [7, 11) is 0. The lowest BCUT2D eigenvalue weighted by atomic mass is 10.1. The standard InChI is InChI=1S/C19H14N2O3/c20-17-11-7-15(8-12-17)4-2-1-3-14-5-9-16(10-6-14)19(24)21-13-18(22)23/h5-12H,13,20H2,(H,21,24)(H,22,23). The van der Waals surface area contributed by atoms with Crippen LogP contribution in [0.2, 0.25) is 0 Å². The molecule has 2 aromatic rings. The third kappa shape index (κ3) is 5.25. The maximum Gasteiger partial charge on any atom is 0.322 e. The molecular weight excluding hydrogens is 304 g/mol. The first-order valence-electron chi connectivity index (χ1n) is 7.02. The van der Waals surface area contributed by atoms with E-state index in [1.165, 1.54) is 0 Å². The normalized spacial score (nSPS) is 9.00. The summed E-state index contributed by atoms with van der Waals surface area (Å²) < 4.78 is 0. The Morgan fingerprint density at radius 2 is 1.42 bits per heavy atom. The molecule has 0 aliphatic rings. The summed E-state index contributed by atoms with van der Waals surface area (Å²) in [5.74, 6) is 9.71. The molecule has 0 saturated heterocycles. The van der Waals surface area contributed by atoms with E-state index in [-0.39, 0.29) is 0 Å². The summed E-state index contributed by atoms with van der Waals surface area (Å²) in [6, 6.07) is 13.7. The molecule has 1 amide bonds. The van der Waals surface area contributed by atoms with Gasteiger partial charge in [0, 0.05) is 22.4 Å². The molecule has 2 rings (SSSR count). The Kier molecular flexibility index (Phi) is 5.60. The van der Waals surface area contributed by atoms with Crippen molar-refractivity contribution in [2.24, 2.45) is 0 Å². The van der Waals surface area contributed by atoms with Crippen LogP contribution in [0.5, 0.6) is 0 Å². The molecule has 0 heterocycles. The van der Waals surface area contributed by atoms with E-state index in [1.807, 2.05) is 12.1 Å². The molecule has 2 aromatic carbocycles. The van der Waals surface area contributed by atoms with E-state index in [9.17, 15) is 9.59 Å². The number of nitrogens with one attached hydrogen (secondary N) is 1. The molecular formula is C19H14N2O3. The molecule has 0 bridgehead atoms. The predicted octanol–water partition coefficient (Wildman–Crippen LogP) is 1.49. The molecule has 4 N–H and O–H groups in total. The van der Waals surface area contributed by atoms with Crippen molar-refractivity contribution < 1.29 is 14.7 Å². The summed E-state index contributed by atoms with van der Waals surface area (Å²) in [4.78, 5) is 22.1. The van der Waals surface area contributed by atoms with Gasteiger partial charge in [-0.25, -0.2) is 0 Å². The number of amides is 1. The molecule has 0 spiro atoms. The van der Waals surface area contributed by atoms with Gasteiger partial charge in [0.25, 0.3) is 5.91 Å². The number of rotatable bonds is 3. The number of hydrogen-bond donors (Lipinski definition) is 3. The quantitative estimate of drug-likeness (QED) is 0.590. The van der Waals surface area contributed by atoms with Crippen molar-refractivity contribution in [2.75, 3.05) is 12.3 Å². The number of hydrogen-bond acceptors (Lipinski definition) is 3. The fraction of sp³-hybridized carbons (Fsp3) is 0.0526. The monoisotopic (exact) mass is 318 g/mol. The Hall–Kier alpha value is -3.70. The van der Waals surface area contributed by atoms with Gasteiger partial charge in [-0.2, -0.15) is 0 Å². The summed E-state index contributed by atoms with van der Waals surface area (Å²) in [6.07, 6.45) is 0. The molecule has 0 aromatic heterocycles. The van der Waals surface area contributed by atoms with E-state index in [1.54, 1.807) is 36.4 Å². The fourth-order valence-electron chi connectivity index (χ4n) is 1.74. The first-order valence-corrected chi connectivity index (χ1v) is 7.02. The number of benzene rings is 2. The Morgan fingerprint density at radius 1 is 0.917 bits per heavy atom. The first-order chi connectivity index (χ1) is 11.5. The van der Waals surface area contributed by atoms with Crippen LogP contribution in [0.1, 0.15) is 21.5 Å². The Balaban J connectivity index is 1.99. The van der Waals surface area contributed by atoms with Crippen molar-refractivity contribution in [3.8, 4) is 23.7 Å². The predicted molar refractivity (Wildman–Crippen MR) is 91.0 cm³/mol. The Bertz CT molecular complexity index is 861. The maximum atomic E-state index is 11.7. The maximum absolute atomic E-state index is 11.7. The van der Waals surface area contributed by atoms with Crippen LogP contribution in [0.15, 0.2) is 48.5 Å². The SMILES string of the molecule is Nc1ccc(C#CC#Cc2ccc(C(=O)NCC(=O)O)cc2)cc1. The highest BCUT2D eigenvalue weighted by molar-refractivity contribution is 5.95. The Morgan fingerprint density at radius 3 is 1.92 bits per heavy atom. The van der Waals surface area contributed by atoms with E-state index in [0.717, 1.165) is 5.56 Å². The average molecular weight is 318 g/mol. The highest BCUT2D eigenvalue weighted by atomic mass is 16.4. The van der Waals surface area contributed by atoms with Crippen molar-refractivity contribution in [3.63, 3.8) is 0 Å². The summed E-state index contributed by atoms with van der Waals surface area (Å²) in [5, 5.41) is 10.8. The van der Waals surface area contributed by atoms with Crippen LogP contribution in [-0.2, 0) is 4.79 Å². The number of carbonyl (C=O) groups excluding carboxylic acids is 1. The van der Waals surface area contributed by atoms with Crippen molar-refractivity contribution in [1.29, 1.82) is 0 Å². The van der Waals surface area contributed by atoms with E-state index < -0.39 is 18.4 Å². The van der Waals surface area contributed by atoms with Crippen molar-refractivity contribution in [1.82, 2.24) is 5.32 Å². The van der Waals surface area contributed by atoms with Gasteiger partial charge in [0.1, 0.15) is 6.54 Å². The van der Waals surface area contributed by atoms with Crippen molar-refractivity contribution in [3.05, 3.63) is 65.2 Å². The minimum absolute atomic E-state index is 0.370. The van der Waals surface area contributed by atoms with Crippen LogP contribution < -0.4 is 11.1 Å². The largest absolute Gasteiger partial charge is 0.480 e. The van der Waals surface area contributed by atoms with Crippen molar-refractivity contribution in [2.45, 2.75) is 0 Å². The molecule has 0 atom stereocenters. The van der Waals surface area contributed by atoms with Crippen LogP contribution in [0.3, 0.4) is 0 Å². The number of nitrogen functional groups attached to an aromatic ring is 1. The van der Waals surface area contributed by atoms with E-state index in [0.29, 0.717) is 16.8 Å². The highest BCUT2D eigenvalue weighted by Crippen LogP contribution is 2.04. The third-order valence-electron chi connectivity index (χ3n) is 2.93. The second kappa shape index (κ2) is 8.07. The number of aliphatic carboxylic acids is 1. The van der Waals surface area contributed by atoms with Crippen LogP contribution in [0.4, 0.5) is 5.69 Å². The number of nitrogens with two attached hydrogens (primary N) is 1. The van der Waals surface area contributed by atoms with Crippen molar-refractivity contribution >= 4 is 17.6 Å². The van der Waals surface area contributed by atoms with Gasteiger partial charge < -0.3 is 16.2 Å². The van der Waals surface area contributed by atoms with Gasteiger partial charge in [0.15, 0.2) is 0 Å². The topological polar surface area (TPSA) is 92.4 Å². The van der Waals surface area contributed by atoms with Gasteiger partial charge in [-0.05, 0) is 60.4 Å². The minimum Gasteiger partial charge on any atom is -0.480 e. The number of carbonyl (C=O) groups is 2. The van der Waals surface area contributed by atoms with Gasteiger partial charge in [0.05, 0.1) is 0 Å². The van der Waals surface area contributed by atoms with E-state index in [2.05, 4.69) is 29.0 Å². The van der Waals surface area contributed by atoms with E-state index >= 15 is 0 Å². The second-order valence-corrected chi connectivity index (χ2v) is 4.78. The third-order valence-corrected chi connectivity index (χ3v) is 2.93. The lowest BCUT2D eigenvalue weighted by molar-refractivity contribution is -0.135. The molecule has 0 fully saturated rings. The molecule has 0 unspecified atom stereocenters. The van der Waals surface area contributed by atoms with Crippen LogP contribution in [0.25, 0.3) is 0 Å². The summed E-state index contributed by atoms with van der Waals surface area (Å²) in [6.45, 7) is -0.416. The number of carboxylic acid groups (broad SMARTS) is 1. The summed E-state index contributed by atoms with van der Waals surface area (Å²) >= 11 is 0. The number of carboxylic acids is 1. The van der Waals surface area contributed by atoms with Gasteiger partial charge in [-0.3, -0.25) is 9.59 Å². The Labute approximate surface area is 139 Å². The van der Waals surface area contributed by atoms with Crippen LogP contribution in [-0.4, -0.2) is 23.5 Å². The molecule has 0 saturated carbocycles. The zero-order chi connectivity index (χ0) is 17.4. The minimum atomic E-state index is -1.09. The highest BCUT2D eigenvalue weighted by Gasteiger charge is 2.06. The van der Waals surface area contributed by atoms with Gasteiger partial charge >= 0.3 is 5.97 Å². The smallest absolute Gasteiger partial charge is 0.322 e. The number of anilines is 1. The van der Waals surface area contributed by atoms with Gasteiger partial charge in [-0.15, -0.1) is 0 Å². The fourth-order valence-corrected chi connectivity index (χ4v) is 1.74. The second-order valence-electron chi connectivity index (χ2n) is 4.78. The summed E-state index contributed by atoms with van der Waals surface area (Å²) in [5.41, 5.74) is 8.17. The van der Waals surface area contributed by atoms with Gasteiger partial charge in [-0.1, -0.05) is 11.8 Å². The molecule has 0 aliphatic carbocycles. The van der Waals surface area contributed by atoms with Crippen LogP contribution >= 0.6 is 0 Å². The first kappa shape index (κ1) is 16.7. The molecule has 0 radical (unpaired) electrons. The molecule has 5 heteroatoms. The lowest BCUT2D eigenvalue weighted by Gasteiger charge is -2.01. The lowest BCUT2D eigenvalue weighted by Crippen LogP contribution is -2.29.